The van der Waals surface area contributed by atoms with Crippen LogP contribution in [0.25, 0.3) is 0 Å². The highest BCUT2D eigenvalue weighted by atomic mass is 16.6. The minimum absolute atomic E-state index is 0.0732. The lowest BCUT2D eigenvalue weighted by atomic mass is 9.92. The number of hydrogen-bond acceptors (Lipinski definition) is 4. The molecule has 2 heterocycles. The topological polar surface area (TPSA) is 41.4 Å². The maximum atomic E-state index is 6.16. The molecule has 0 saturated heterocycles. The predicted octanol–water partition coefficient (Wildman–Crippen LogP) is 2.05. The molecule has 0 aliphatic carbocycles. The number of fused-ring (bicyclic) bond motifs is 2. The fourth-order valence-electron chi connectivity index (χ4n) is 4.02. The van der Waals surface area contributed by atoms with Crippen LogP contribution in [0, 0.1) is 0 Å². The van der Waals surface area contributed by atoms with E-state index in [0.717, 1.165) is 42.5 Å². The number of hydrogen-bond donors (Lipinski definition) is 1. The molecule has 5 heteroatoms. The smallest absolute Gasteiger partial charge is 0.181 e. The number of para-hydroxylation sites is 2. The molecule has 2 aromatic rings. The highest BCUT2D eigenvalue weighted by Crippen LogP contribution is 2.34. The summed E-state index contributed by atoms with van der Waals surface area (Å²) in [4.78, 5) is 1.51. The van der Waals surface area contributed by atoms with Gasteiger partial charge in [-0.2, -0.15) is 0 Å². The Labute approximate surface area is 154 Å². The molecule has 3 atom stereocenters. The van der Waals surface area contributed by atoms with Gasteiger partial charge in [-0.1, -0.05) is 12.1 Å². The molecular formula is C21H26NO4+. The second-order valence-corrected chi connectivity index (χ2v) is 6.99. The lowest BCUT2D eigenvalue weighted by molar-refractivity contribution is -0.934. The van der Waals surface area contributed by atoms with Gasteiger partial charge in [-0.15, -0.1) is 0 Å². The minimum Gasteiger partial charge on any atom is -0.493 e. The van der Waals surface area contributed by atoms with Gasteiger partial charge in [0.05, 0.1) is 20.8 Å². The molecule has 0 fully saturated rings. The van der Waals surface area contributed by atoms with E-state index in [1.807, 2.05) is 24.3 Å². The summed E-state index contributed by atoms with van der Waals surface area (Å²) in [5, 5.41) is 0. The van der Waals surface area contributed by atoms with Crippen molar-refractivity contribution in [1.82, 2.24) is 0 Å². The lowest BCUT2D eigenvalue weighted by Crippen LogP contribution is -3.14. The van der Waals surface area contributed by atoms with E-state index in [1.54, 1.807) is 14.2 Å². The van der Waals surface area contributed by atoms with E-state index >= 15 is 0 Å². The van der Waals surface area contributed by atoms with Gasteiger partial charge in [0, 0.05) is 12.0 Å². The van der Waals surface area contributed by atoms with Crippen LogP contribution in [0.2, 0.25) is 0 Å². The largest absolute Gasteiger partial charge is 0.493 e. The Morgan fingerprint density at radius 2 is 1.81 bits per heavy atom. The number of nitrogens with one attached hydrogen (secondary N) is 1. The van der Waals surface area contributed by atoms with Crippen molar-refractivity contribution in [3.8, 4) is 23.0 Å². The normalized spacial score (nSPS) is 23.9. The first-order chi connectivity index (χ1) is 12.7. The van der Waals surface area contributed by atoms with E-state index in [1.165, 1.54) is 16.0 Å². The number of methoxy groups -OCH3 is 2. The summed E-state index contributed by atoms with van der Waals surface area (Å²) in [6.07, 6.45) is 1.10. The average molecular weight is 356 g/mol. The second-order valence-electron chi connectivity index (χ2n) is 6.99. The predicted molar refractivity (Wildman–Crippen MR) is 98.7 cm³/mol. The SMILES string of the molecule is COc1cc2c(cc1OC)[C@H](C)[NH+](C[C@@H]1COc3ccccc3O1)CC2. The van der Waals surface area contributed by atoms with Crippen molar-refractivity contribution >= 4 is 0 Å². The van der Waals surface area contributed by atoms with Crippen molar-refractivity contribution < 1.29 is 23.8 Å². The molecule has 0 radical (unpaired) electrons. The van der Waals surface area contributed by atoms with E-state index in [0.29, 0.717) is 12.6 Å². The van der Waals surface area contributed by atoms with Crippen molar-refractivity contribution in [2.45, 2.75) is 25.5 Å². The molecule has 1 N–H and O–H groups in total. The number of ether oxygens (including phenoxy) is 4. The lowest BCUT2D eigenvalue weighted by Gasteiger charge is -2.36. The molecule has 2 aliphatic heterocycles. The van der Waals surface area contributed by atoms with Crippen LogP contribution in [0.4, 0.5) is 0 Å². The zero-order chi connectivity index (χ0) is 18.1. The minimum atomic E-state index is 0.0732. The first-order valence-electron chi connectivity index (χ1n) is 9.17. The van der Waals surface area contributed by atoms with Gasteiger partial charge in [-0.05, 0) is 36.8 Å². The molecule has 138 valence electrons. The maximum absolute atomic E-state index is 6.16. The van der Waals surface area contributed by atoms with Crippen molar-refractivity contribution in [2.24, 2.45) is 0 Å². The molecule has 0 spiro atoms. The van der Waals surface area contributed by atoms with Crippen LogP contribution < -0.4 is 23.8 Å². The first-order valence-corrected chi connectivity index (χ1v) is 9.17. The van der Waals surface area contributed by atoms with Crippen LogP contribution in [0.1, 0.15) is 24.1 Å². The second kappa shape index (κ2) is 7.08. The molecule has 0 aromatic heterocycles. The molecule has 0 bridgehead atoms. The van der Waals surface area contributed by atoms with Gasteiger partial charge in [0.25, 0.3) is 0 Å². The fraction of sp³-hybridized carbons (Fsp3) is 0.429. The summed E-state index contributed by atoms with van der Waals surface area (Å²) in [6.45, 7) is 4.87. The Balaban J connectivity index is 1.50. The maximum Gasteiger partial charge on any atom is 0.181 e. The van der Waals surface area contributed by atoms with Crippen LogP contribution in [0.5, 0.6) is 23.0 Å². The van der Waals surface area contributed by atoms with Crippen molar-refractivity contribution in [3.63, 3.8) is 0 Å². The molecular weight excluding hydrogens is 330 g/mol. The standard InChI is InChI=1S/C21H25NO4/c1-14-17-11-21(24-3)20(23-2)10-15(17)8-9-22(14)12-16-13-25-18-6-4-5-7-19(18)26-16/h4-7,10-11,14,16H,8-9,12-13H2,1-3H3/p+1/t14-,16+/m0/s1. The first kappa shape index (κ1) is 17.0. The van der Waals surface area contributed by atoms with E-state index in [-0.39, 0.29) is 6.10 Å². The Kier molecular flexibility index (Phi) is 4.64. The van der Waals surface area contributed by atoms with Crippen molar-refractivity contribution in [2.75, 3.05) is 33.9 Å². The monoisotopic (exact) mass is 356 g/mol. The number of rotatable bonds is 4. The average Bonchev–Trinajstić information content (AvgIpc) is 2.69. The number of benzene rings is 2. The molecule has 5 nitrogen and oxygen atoms in total. The van der Waals surface area contributed by atoms with Crippen LogP contribution in [-0.4, -0.2) is 40.0 Å². The number of quaternary nitrogens is 1. The molecule has 2 aromatic carbocycles. The Hall–Kier alpha value is -2.40. The van der Waals surface area contributed by atoms with Gasteiger partial charge in [0.1, 0.15) is 19.2 Å². The Morgan fingerprint density at radius 3 is 2.58 bits per heavy atom. The zero-order valence-corrected chi connectivity index (χ0v) is 15.6. The van der Waals surface area contributed by atoms with E-state index < -0.39 is 0 Å². The Bertz CT molecular complexity index is 792. The van der Waals surface area contributed by atoms with Gasteiger partial charge in [0.2, 0.25) is 0 Å². The summed E-state index contributed by atoms with van der Waals surface area (Å²) >= 11 is 0. The quantitative estimate of drug-likeness (QED) is 0.910. The molecule has 4 rings (SSSR count). The summed E-state index contributed by atoms with van der Waals surface area (Å²) < 4.78 is 23.0. The van der Waals surface area contributed by atoms with E-state index in [4.69, 9.17) is 18.9 Å². The van der Waals surface area contributed by atoms with E-state index in [2.05, 4.69) is 19.1 Å². The van der Waals surface area contributed by atoms with Crippen LogP contribution in [0.3, 0.4) is 0 Å². The van der Waals surface area contributed by atoms with Gasteiger partial charge >= 0.3 is 0 Å². The third-order valence-corrected chi connectivity index (χ3v) is 5.50. The molecule has 0 saturated carbocycles. The van der Waals surface area contributed by atoms with Crippen molar-refractivity contribution in [3.05, 3.63) is 47.5 Å². The van der Waals surface area contributed by atoms with Gasteiger partial charge in [-0.3, -0.25) is 0 Å². The third kappa shape index (κ3) is 3.07. The summed E-state index contributed by atoms with van der Waals surface area (Å²) in [5.74, 6) is 3.29. The molecule has 1 unspecified atom stereocenters. The zero-order valence-electron chi connectivity index (χ0n) is 15.6. The summed E-state index contributed by atoms with van der Waals surface area (Å²) in [7, 11) is 3.37. The molecule has 0 amide bonds. The van der Waals surface area contributed by atoms with Gasteiger partial charge in [-0.25, -0.2) is 0 Å². The van der Waals surface area contributed by atoms with Crippen LogP contribution >= 0.6 is 0 Å². The highest BCUT2D eigenvalue weighted by molar-refractivity contribution is 5.48. The third-order valence-electron chi connectivity index (χ3n) is 5.50. The molecule has 26 heavy (non-hydrogen) atoms. The van der Waals surface area contributed by atoms with Gasteiger partial charge in [0.15, 0.2) is 29.1 Å². The van der Waals surface area contributed by atoms with Gasteiger partial charge < -0.3 is 23.8 Å². The van der Waals surface area contributed by atoms with Crippen LogP contribution in [-0.2, 0) is 6.42 Å². The highest BCUT2D eigenvalue weighted by Gasteiger charge is 2.33. The van der Waals surface area contributed by atoms with E-state index in [9.17, 15) is 0 Å². The Morgan fingerprint density at radius 1 is 1.08 bits per heavy atom. The fourth-order valence-corrected chi connectivity index (χ4v) is 4.02. The summed E-state index contributed by atoms with van der Waals surface area (Å²) in [5.41, 5.74) is 2.69. The van der Waals surface area contributed by atoms with Crippen molar-refractivity contribution in [1.29, 1.82) is 0 Å². The van der Waals surface area contributed by atoms with Crippen LogP contribution in [0.15, 0.2) is 36.4 Å². The molecule has 2 aliphatic rings. The summed E-state index contributed by atoms with van der Waals surface area (Å²) in [6, 6.07) is 12.5.